The number of hydrogen-bond donors (Lipinski definition) is 1. The summed E-state index contributed by atoms with van der Waals surface area (Å²) in [5, 5.41) is 2.46. The van der Waals surface area contributed by atoms with Crippen LogP contribution in [-0.2, 0) is 39.6 Å². The maximum absolute atomic E-state index is 3.95. The average molecular weight is 347 g/mol. The fourth-order valence-corrected chi connectivity index (χ4v) is 0.207. The molecule has 0 rings (SSSR count). The molecule has 0 spiro atoms. The van der Waals surface area contributed by atoms with Crippen LogP contribution in [0.1, 0.15) is 20.8 Å². The molecule has 0 saturated carbocycles. The summed E-state index contributed by atoms with van der Waals surface area (Å²) in [7, 11) is 3.33. The maximum Gasteiger partial charge on any atom is 0.0158 e. The molecule has 0 aliphatic heterocycles. The molecule has 1 N–H and O–H groups in total. The van der Waals surface area contributed by atoms with Gasteiger partial charge in [0.15, 0.2) is 0 Å². The van der Waals surface area contributed by atoms with E-state index in [4.69, 9.17) is 0 Å². The van der Waals surface area contributed by atoms with E-state index in [1.807, 2.05) is 20.8 Å². The van der Waals surface area contributed by atoms with Gasteiger partial charge >= 0.3 is 0 Å². The van der Waals surface area contributed by atoms with Crippen molar-refractivity contribution in [3.63, 3.8) is 0 Å². The minimum absolute atomic E-state index is 0. The van der Waals surface area contributed by atoms with Crippen LogP contribution in [0.3, 0.4) is 0 Å². The Morgan fingerprint density at radius 3 is 1.90 bits per heavy atom. The predicted molar refractivity (Wildman–Crippen MR) is 35.7 cm³/mol. The molecule has 0 saturated heterocycles. The van der Waals surface area contributed by atoms with E-state index in [1.165, 1.54) is 0 Å². The molecule has 10 heavy (non-hydrogen) atoms. The molecule has 0 aromatic heterocycles. The molecule has 0 aromatic rings. The normalized spacial score (nSPS) is 10.0. The van der Waals surface area contributed by atoms with Gasteiger partial charge in [-0.2, -0.15) is 0 Å². The van der Waals surface area contributed by atoms with Gasteiger partial charge in [0.2, 0.25) is 0 Å². The van der Waals surface area contributed by atoms with Gasteiger partial charge in [-0.1, -0.05) is 0 Å². The first-order chi connectivity index (χ1) is 3.56. The van der Waals surface area contributed by atoms with Crippen LogP contribution in [0.15, 0.2) is 4.99 Å². The molecule has 0 fully saturated rings. The Hall–Kier alpha value is 0.743. The molecule has 0 atom stereocenters. The van der Waals surface area contributed by atoms with Crippen LogP contribution in [0.25, 0.3) is 0 Å². The van der Waals surface area contributed by atoms with Gasteiger partial charge in [0.05, 0.1) is 0 Å². The van der Waals surface area contributed by atoms with Gasteiger partial charge < -0.3 is 16.6 Å². The molecule has 0 aliphatic carbocycles. The molecule has 1 radical (unpaired) electrons. The second-order valence-corrected chi connectivity index (χ2v) is 2.57. The first-order valence-electron chi connectivity index (χ1n) is 2.55. The van der Waals surface area contributed by atoms with Crippen molar-refractivity contribution in [2.24, 2.45) is 4.99 Å². The molecule has 0 bridgehead atoms. The fourth-order valence-electron chi connectivity index (χ4n) is 0.207. The number of rotatable bonds is 1. The van der Waals surface area contributed by atoms with E-state index in [-0.39, 0.29) is 45.2 Å². The summed E-state index contributed by atoms with van der Waals surface area (Å²) in [5.74, 6) is 0. The van der Waals surface area contributed by atoms with E-state index in [0.29, 0.717) is 0 Å². The first kappa shape index (κ1) is 17.0. The second kappa shape index (κ2) is 7.85. The zero-order valence-corrected chi connectivity index (χ0v) is 10.8. The molecule has 4 heteroatoms. The van der Waals surface area contributed by atoms with Gasteiger partial charge in [-0.15, -0.1) is 0 Å². The Morgan fingerprint density at radius 1 is 1.40 bits per heavy atom. The molecule has 0 aliphatic rings. The molecule has 0 amide bonds. The fraction of sp³-hybridized carbons (Fsp3) is 0.667. The zero-order chi connectivity index (χ0) is 6.62. The summed E-state index contributed by atoms with van der Waals surface area (Å²) in [4.78, 5) is 3.95. The predicted octanol–water partition coefficient (Wildman–Crippen LogP) is 1.07. The van der Waals surface area contributed by atoms with Gasteiger partial charge in [0.25, 0.3) is 0 Å². The minimum Gasteiger partial charge on any atom is -0.697 e. The van der Waals surface area contributed by atoms with E-state index in [2.05, 4.69) is 23.7 Å². The van der Waals surface area contributed by atoms with Crippen molar-refractivity contribution in [2.75, 3.05) is 0 Å². The Kier molecular flexibility index (Phi) is 13.3. The zero-order valence-electron chi connectivity index (χ0n) is 6.51. The van der Waals surface area contributed by atoms with Crippen LogP contribution in [-0.4, -0.2) is 11.9 Å². The molecular formula is C6H12N2VW-2. The number of nitrogens with one attached hydrogen (secondary N) is 1. The third-order valence-electron chi connectivity index (χ3n) is 0.470. The average Bonchev–Trinajstić information content (AvgIpc) is 1.59. The molecule has 59 valence electrons. The van der Waals surface area contributed by atoms with E-state index in [9.17, 15) is 0 Å². The Morgan fingerprint density at radius 2 is 1.80 bits per heavy atom. The standard InChI is InChI=1S/C6H12N2.V.W/c1-6(2,3)8-5-7-4;;/h4H2,1-3H3,(H,7,8);;/q-2;;. The summed E-state index contributed by atoms with van der Waals surface area (Å²) < 4.78 is 0. The van der Waals surface area contributed by atoms with Crippen LogP contribution in [0.5, 0.6) is 0 Å². The molecule has 0 heterocycles. The van der Waals surface area contributed by atoms with Crippen molar-refractivity contribution in [1.29, 1.82) is 0 Å². The minimum atomic E-state index is -0.0370. The van der Waals surface area contributed by atoms with Gasteiger partial charge in [0, 0.05) is 45.2 Å². The van der Waals surface area contributed by atoms with Crippen LogP contribution in [0, 0.1) is 7.05 Å². The molecular weight excluding hydrogens is 335 g/mol. The van der Waals surface area contributed by atoms with Gasteiger partial charge in [-0.05, 0) is 20.8 Å². The Balaban J connectivity index is -0.000000245. The van der Waals surface area contributed by atoms with Gasteiger partial charge in [-0.25, -0.2) is 0 Å². The Bertz CT molecular complexity index is 88.2. The van der Waals surface area contributed by atoms with Crippen LogP contribution in [0.4, 0.5) is 0 Å². The van der Waals surface area contributed by atoms with Crippen molar-refractivity contribution in [1.82, 2.24) is 5.32 Å². The summed E-state index contributed by atoms with van der Waals surface area (Å²) >= 11 is 0. The quantitative estimate of drug-likeness (QED) is 0.326. The number of hydrogen-bond acceptors (Lipinski definition) is 1. The monoisotopic (exact) mass is 347 g/mol. The smallest absolute Gasteiger partial charge is 0.0158 e. The SMILES string of the molecule is [CH2-]N[C-]=NC(C)(C)C.[V].[W]. The molecule has 2 nitrogen and oxygen atoms in total. The van der Waals surface area contributed by atoms with Crippen LogP contribution < -0.4 is 5.32 Å². The molecule has 0 aromatic carbocycles. The summed E-state index contributed by atoms with van der Waals surface area (Å²) in [6, 6.07) is 0. The summed E-state index contributed by atoms with van der Waals surface area (Å²) in [5.41, 5.74) is -0.0370. The second-order valence-electron chi connectivity index (χ2n) is 2.57. The van der Waals surface area contributed by atoms with Gasteiger partial charge in [-0.3, -0.25) is 7.05 Å². The topological polar surface area (TPSA) is 24.4 Å². The Labute approximate surface area is 89.4 Å². The van der Waals surface area contributed by atoms with Crippen molar-refractivity contribution >= 4 is 6.34 Å². The maximum atomic E-state index is 3.95. The van der Waals surface area contributed by atoms with E-state index in [0.717, 1.165) is 0 Å². The van der Waals surface area contributed by atoms with E-state index < -0.39 is 0 Å². The largest absolute Gasteiger partial charge is 0.697 e. The summed E-state index contributed by atoms with van der Waals surface area (Å²) in [6.45, 7) is 5.99. The number of aliphatic imine (C=N–C) groups is 1. The van der Waals surface area contributed by atoms with Gasteiger partial charge in [0.1, 0.15) is 0 Å². The van der Waals surface area contributed by atoms with Crippen LogP contribution >= 0.6 is 0 Å². The van der Waals surface area contributed by atoms with Crippen molar-refractivity contribution in [3.8, 4) is 0 Å². The number of nitrogens with zero attached hydrogens (tertiary/aromatic N) is 1. The third-order valence-corrected chi connectivity index (χ3v) is 0.470. The summed E-state index contributed by atoms with van der Waals surface area (Å²) in [6.07, 6.45) is 2.55. The van der Waals surface area contributed by atoms with E-state index in [1.54, 1.807) is 0 Å². The first-order valence-corrected chi connectivity index (χ1v) is 2.55. The third kappa shape index (κ3) is 15.9. The van der Waals surface area contributed by atoms with Crippen molar-refractivity contribution in [3.05, 3.63) is 7.05 Å². The van der Waals surface area contributed by atoms with E-state index >= 15 is 0 Å². The van der Waals surface area contributed by atoms with Crippen molar-refractivity contribution < 1.29 is 39.6 Å². The molecule has 0 unspecified atom stereocenters. The van der Waals surface area contributed by atoms with Crippen molar-refractivity contribution in [2.45, 2.75) is 26.3 Å². The van der Waals surface area contributed by atoms with Crippen LogP contribution in [0.2, 0.25) is 0 Å².